The highest BCUT2D eigenvalue weighted by Crippen LogP contribution is 2.14. The monoisotopic (exact) mass is 620 g/mol. The molecule has 0 heterocycles. The molecule has 3 unspecified atom stereocenters. The molecule has 3 atom stereocenters. The average molecular weight is 620 g/mol. The van der Waals surface area contributed by atoms with E-state index in [2.05, 4.69) is 43.5 Å². The number of hydrogen-bond donors (Lipinski definition) is 4. The summed E-state index contributed by atoms with van der Waals surface area (Å²) < 4.78 is 0. The van der Waals surface area contributed by atoms with E-state index in [9.17, 15) is 20.1 Å². The van der Waals surface area contributed by atoms with Gasteiger partial charge < -0.3 is 20.6 Å². The van der Waals surface area contributed by atoms with E-state index in [1.165, 1.54) is 128 Å². The molecule has 258 valence electrons. The van der Waals surface area contributed by atoms with Gasteiger partial charge >= 0.3 is 0 Å². The lowest BCUT2D eigenvalue weighted by Crippen LogP contribution is -2.45. The Morgan fingerprint density at radius 3 is 1.50 bits per heavy atom. The standard InChI is InChI=1S/C39H73NO4/c1-3-5-7-9-11-13-15-17-18-19-20-21-22-24-26-28-30-32-36(42)34-39(44)40-37(35-41)38(43)33-31-29-27-25-23-16-14-12-10-8-6-4-2/h11,13,15,17,31,33,36-38,41-43H,3-10,12,14,16,18-30,32,34-35H2,1-2H3,(H,40,44)/b13-11-,17-15-,33-31+. The van der Waals surface area contributed by atoms with E-state index >= 15 is 0 Å². The first-order valence-electron chi connectivity index (χ1n) is 18.8. The summed E-state index contributed by atoms with van der Waals surface area (Å²) in [6.07, 6.45) is 41.2. The second-order valence-corrected chi connectivity index (χ2v) is 12.9. The summed E-state index contributed by atoms with van der Waals surface area (Å²) in [5, 5.41) is 33.0. The van der Waals surface area contributed by atoms with Gasteiger partial charge in [0.15, 0.2) is 0 Å². The van der Waals surface area contributed by atoms with E-state index in [1.54, 1.807) is 6.08 Å². The molecule has 0 bridgehead atoms. The summed E-state index contributed by atoms with van der Waals surface area (Å²) in [6, 6.07) is -0.744. The molecule has 0 fully saturated rings. The van der Waals surface area contributed by atoms with Crippen LogP contribution in [-0.4, -0.2) is 46.1 Å². The fraction of sp³-hybridized carbons (Fsp3) is 0.821. The summed E-state index contributed by atoms with van der Waals surface area (Å²) in [6.45, 7) is 4.16. The highest BCUT2D eigenvalue weighted by molar-refractivity contribution is 5.76. The smallest absolute Gasteiger partial charge is 0.222 e. The number of amides is 1. The summed E-state index contributed by atoms with van der Waals surface area (Å²) in [5.41, 5.74) is 0. The number of carbonyl (C=O) groups is 1. The Hall–Kier alpha value is -1.43. The molecule has 0 rings (SSSR count). The number of carbonyl (C=O) groups excluding carboxylic acids is 1. The van der Waals surface area contributed by atoms with Crippen LogP contribution in [0.15, 0.2) is 36.5 Å². The lowest BCUT2D eigenvalue weighted by Gasteiger charge is -2.21. The number of allylic oxidation sites excluding steroid dienone is 5. The first-order valence-corrected chi connectivity index (χ1v) is 18.8. The van der Waals surface area contributed by atoms with Crippen LogP contribution in [0.2, 0.25) is 0 Å². The minimum atomic E-state index is -0.928. The number of aliphatic hydroxyl groups excluding tert-OH is 3. The third-order valence-electron chi connectivity index (χ3n) is 8.45. The van der Waals surface area contributed by atoms with E-state index in [-0.39, 0.29) is 18.9 Å². The molecule has 0 aliphatic carbocycles. The van der Waals surface area contributed by atoms with E-state index in [4.69, 9.17) is 0 Å². The first kappa shape index (κ1) is 42.6. The van der Waals surface area contributed by atoms with Crippen molar-refractivity contribution in [3.05, 3.63) is 36.5 Å². The second kappa shape index (κ2) is 34.4. The molecule has 5 nitrogen and oxygen atoms in total. The highest BCUT2D eigenvalue weighted by atomic mass is 16.3. The van der Waals surface area contributed by atoms with Crippen molar-refractivity contribution < 1.29 is 20.1 Å². The molecule has 0 aromatic rings. The van der Waals surface area contributed by atoms with Crippen molar-refractivity contribution in [1.29, 1.82) is 0 Å². The number of nitrogens with one attached hydrogen (secondary N) is 1. The van der Waals surface area contributed by atoms with Crippen LogP contribution in [0.3, 0.4) is 0 Å². The lowest BCUT2D eigenvalue weighted by atomic mass is 10.0. The van der Waals surface area contributed by atoms with Crippen LogP contribution in [-0.2, 0) is 4.79 Å². The summed E-state index contributed by atoms with van der Waals surface area (Å²) >= 11 is 0. The molecule has 0 spiro atoms. The molecule has 5 heteroatoms. The topological polar surface area (TPSA) is 89.8 Å². The van der Waals surface area contributed by atoms with Gasteiger partial charge in [0.25, 0.3) is 0 Å². The summed E-state index contributed by atoms with van der Waals surface area (Å²) in [5.74, 6) is -0.323. The van der Waals surface area contributed by atoms with Gasteiger partial charge in [-0.15, -0.1) is 0 Å². The second-order valence-electron chi connectivity index (χ2n) is 12.9. The molecule has 0 saturated heterocycles. The predicted octanol–water partition coefficient (Wildman–Crippen LogP) is 10.0. The Morgan fingerprint density at radius 2 is 1.00 bits per heavy atom. The van der Waals surface area contributed by atoms with Gasteiger partial charge in [-0.05, 0) is 44.9 Å². The third kappa shape index (κ3) is 30.6. The zero-order chi connectivity index (χ0) is 32.4. The molecule has 44 heavy (non-hydrogen) atoms. The van der Waals surface area contributed by atoms with E-state index in [0.29, 0.717) is 6.42 Å². The highest BCUT2D eigenvalue weighted by Gasteiger charge is 2.20. The van der Waals surface area contributed by atoms with Gasteiger partial charge in [0, 0.05) is 0 Å². The molecule has 0 saturated carbocycles. The van der Waals surface area contributed by atoms with Gasteiger partial charge in [0.2, 0.25) is 5.91 Å². The maximum Gasteiger partial charge on any atom is 0.222 e. The Bertz CT molecular complexity index is 690. The van der Waals surface area contributed by atoms with Crippen molar-refractivity contribution in [1.82, 2.24) is 5.32 Å². The predicted molar refractivity (Wildman–Crippen MR) is 190 cm³/mol. The van der Waals surface area contributed by atoms with E-state index in [1.807, 2.05) is 6.08 Å². The maximum absolute atomic E-state index is 12.4. The van der Waals surface area contributed by atoms with E-state index in [0.717, 1.165) is 25.7 Å². The van der Waals surface area contributed by atoms with Crippen molar-refractivity contribution in [2.45, 2.75) is 199 Å². The maximum atomic E-state index is 12.4. The van der Waals surface area contributed by atoms with Crippen molar-refractivity contribution >= 4 is 5.91 Å². The normalized spacial score (nSPS) is 14.2. The fourth-order valence-corrected chi connectivity index (χ4v) is 5.50. The minimum absolute atomic E-state index is 0.00856. The van der Waals surface area contributed by atoms with Gasteiger partial charge in [-0.25, -0.2) is 0 Å². The zero-order valence-electron chi connectivity index (χ0n) is 29.0. The molecule has 4 N–H and O–H groups in total. The molecular weight excluding hydrogens is 546 g/mol. The lowest BCUT2D eigenvalue weighted by molar-refractivity contribution is -0.124. The van der Waals surface area contributed by atoms with Crippen LogP contribution in [0.4, 0.5) is 0 Å². The van der Waals surface area contributed by atoms with Crippen LogP contribution in [0.1, 0.15) is 181 Å². The fourth-order valence-electron chi connectivity index (χ4n) is 5.50. The Kier molecular flexibility index (Phi) is 33.3. The van der Waals surface area contributed by atoms with Crippen molar-refractivity contribution in [3.63, 3.8) is 0 Å². The molecular formula is C39H73NO4. The number of unbranched alkanes of at least 4 members (excludes halogenated alkanes) is 21. The van der Waals surface area contributed by atoms with E-state index < -0.39 is 18.2 Å². The zero-order valence-corrected chi connectivity index (χ0v) is 29.0. The summed E-state index contributed by atoms with van der Waals surface area (Å²) in [7, 11) is 0. The largest absolute Gasteiger partial charge is 0.394 e. The number of aliphatic hydroxyl groups is 3. The van der Waals surface area contributed by atoms with Gasteiger partial charge in [0.05, 0.1) is 31.3 Å². The average Bonchev–Trinajstić information content (AvgIpc) is 3.01. The van der Waals surface area contributed by atoms with Crippen molar-refractivity contribution in [3.8, 4) is 0 Å². The van der Waals surface area contributed by atoms with Gasteiger partial charge in [-0.2, -0.15) is 0 Å². The minimum Gasteiger partial charge on any atom is -0.394 e. The first-order chi connectivity index (χ1) is 21.5. The SMILES string of the molecule is CCCCC/C=C\C=C/CCCCCCCCCCC(O)CC(=O)NC(CO)C(O)/C=C/CCCCCCCCCCCC. The molecule has 0 aromatic heterocycles. The molecule has 0 aromatic carbocycles. The van der Waals surface area contributed by atoms with Crippen molar-refractivity contribution in [2.24, 2.45) is 0 Å². The molecule has 0 aliphatic heterocycles. The van der Waals surface area contributed by atoms with Crippen LogP contribution >= 0.6 is 0 Å². The third-order valence-corrected chi connectivity index (χ3v) is 8.45. The van der Waals surface area contributed by atoms with Crippen molar-refractivity contribution in [2.75, 3.05) is 6.61 Å². The quantitative estimate of drug-likeness (QED) is 0.0334. The Labute approximate surface area is 273 Å². The number of hydrogen-bond acceptors (Lipinski definition) is 4. The Balaban J connectivity index is 3.74. The molecule has 1 amide bonds. The van der Waals surface area contributed by atoms with Crippen LogP contribution in [0.25, 0.3) is 0 Å². The molecule has 0 aliphatic rings. The van der Waals surface area contributed by atoms with Gasteiger partial charge in [0.1, 0.15) is 0 Å². The van der Waals surface area contributed by atoms with Crippen LogP contribution in [0.5, 0.6) is 0 Å². The van der Waals surface area contributed by atoms with Crippen LogP contribution < -0.4 is 5.32 Å². The van der Waals surface area contributed by atoms with Crippen LogP contribution in [0, 0.1) is 0 Å². The number of rotatable bonds is 33. The van der Waals surface area contributed by atoms with Gasteiger partial charge in [-0.1, -0.05) is 166 Å². The summed E-state index contributed by atoms with van der Waals surface area (Å²) in [4.78, 5) is 12.4. The van der Waals surface area contributed by atoms with Gasteiger partial charge in [-0.3, -0.25) is 4.79 Å². The molecule has 0 radical (unpaired) electrons. The Morgan fingerprint density at radius 1 is 0.591 bits per heavy atom.